The number of fused-ring (bicyclic) bond motifs is 1. The third-order valence-electron chi connectivity index (χ3n) is 5.61. The summed E-state index contributed by atoms with van der Waals surface area (Å²) < 4.78 is 0. The number of hydrogen-bond donors (Lipinski definition) is 4. The zero-order valence-corrected chi connectivity index (χ0v) is 22.0. The molecule has 0 atom stereocenters. The first-order valence-corrected chi connectivity index (χ1v) is 12.2. The standard InChI is InChI=1S/C15H10ClN3O2.C11H7ClN4O4/c16-14-12(15(20)19-21)8-13(17-18-14)11-6-5-9-3-1-2-4-10(9)7-11;12-10-8(11(17)15-18)5-9(13-14-10)6-1-3-7(4-2-6)16(19)20/h1-8,21H,(H,19,20);1-5,18H,(H,15,17). The number of carbonyl (C=O) groups is 2. The lowest BCUT2D eigenvalue weighted by Crippen LogP contribution is -2.19. The quantitative estimate of drug-likeness (QED) is 0.124. The highest BCUT2D eigenvalue weighted by Crippen LogP contribution is 2.25. The number of nitro groups is 1. The molecule has 0 unspecified atom stereocenters. The summed E-state index contributed by atoms with van der Waals surface area (Å²) in [4.78, 5) is 32.9. The second kappa shape index (κ2) is 12.8. The van der Waals surface area contributed by atoms with E-state index in [1.807, 2.05) is 42.5 Å². The average molecular weight is 594 g/mol. The molecule has 0 aliphatic rings. The third kappa shape index (κ3) is 6.74. The molecule has 41 heavy (non-hydrogen) atoms. The molecule has 15 heteroatoms. The summed E-state index contributed by atoms with van der Waals surface area (Å²) >= 11 is 11.5. The number of benzene rings is 3. The minimum atomic E-state index is -0.826. The van der Waals surface area contributed by atoms with Crippen LogP contribution in [0, 0.1) is 10.1 Å². The van der Waals surface area contributed by atoms with Crippen molar-refractivity contribution >= 4 is 51.5 Å². The molecule has 206 valence electrons. The van der Waals surface area contributed by atoms with Crippen molar-refractivity contribution in [3.8, 4) is 22.5 Å². The van der Waals surface area contributed by atoms with E-state index in [1.54, 1.807) is 0 Å². The van der Waals surface area contributed by atoms with E-state index in [0.717, 1.165) is 16.3 Å². The number of rotatable bonds is 5. The van der Waals surface area contributed by atoms with Crippen molar-refractivity contribution in [1.82, 2.24) is 31.4 Å². The van der Waals surface area contributed by atoms with E-state index in [4.69, 9.17) is 33.6 Å². The minimum Gasteiger partial charge on any atom is -0.288 e. The van der Waals surface area contributed by atoms with Crippen LogP contribution in [0.3, 0.4) is 0 Å². The van der Waals surface area contributed by atoms with Gasteiger partial charge in [-0.05, 0) is 41.1 Å². The molecule has 0 saturated carbocycles. The summed E-state index contributed by atoms with van der Waals surface area (Å²) in [5, 5.41) is 44.9. The van der Waals surface area contributed by atoms with Crippen LogP contribution in [-0.2, 0) is 0 Å². The van der Waals surface area contributed by atoms with Gasteiger partial charge in [0.25, 0.3) is 17.5 Å². The van der Waals surface area contributed by atoms with Crippen molar-refractivity contribution in [1.29, 1.82) is 0 Å². The van der Waals surface area contributed by atoms with E-state index in [9.17, 15) is 19.7 Å². The van der Waals surface area contributed by atoms with Crippen molar-refractivity contribution < 1.29 is 24.9 Å². The maximum absolute atomic E-state index is 11.5. The first-order valence-electron chi connectivity index (χ1n) is 11.4. The Labute approximate surface area is 240 Å². The molecule has 2 aromatic heterocycles. The number of halogens is 2. The van der Waals surface area contributed by atoms with Crippen LogP contribution >= 0.6 is 23.2 Å². The van der Waals surface area contributed by atoms with Gasteiger partial charge in [-0.15, -0.1) is 20.4 Å². The van der Waals surface area contributed by atoms with Crippen LogP contribution in [0.15, 0.2) is 78.9 Å². The number of amides is 2. The molecule has 5 aromatic rings. The number of carbonyl (C=O) groups excluding carboxylic acids is 2. The largest absolute Gasteiger partial charge is 0.288 e. The molecule has 2 heterocycles. The van der Waals surface area contributed by atoms with Crippen LogP contribution in [0.5, 0.6) is 0 Å². The Hall–Kier alpha value is -5.08. The van der Waals surface area contributed by atoms with E-state index in [2.05, 4.69) is 20.4 Å². The van der Waals surface area contributed by atoms with E-state index in [0.29, 0.717) is 17.0 Å². The molecule has 0 radical (unpaired) electrons. The zero-order chi connectivity index (χ0) is 29.5. The summed E-state index contributed by atoms with van der Waals surface area (Å²) in [5.41, 5.74) is 5.05. The van der Waals surface area contributed by atoms with Gasteiger partial charge in [-0.1, -0.05) is 59.6 Å². The lowest BCUT2D eigenvalue weighted by Gasteiger charge is -2.06. The lowest BCUT2D eigenvalue weighted by molar-refractivity contribution is -0.384. The molecule has 0 fully saturated rings. The monoisotopic (exact) mass is 593 g/mol. The molecule has 4 N–H and O–H groups in total. The molecule has 0 spiro atoms. The van der Waals surface area contributed by atoms with Crippen molar-refractivity contribution in [3.63, 3.8) is 0 Å². The van der Waals surface area contributed by atoms with Gasteiger partial charge in [0, 0.05) is 23.3 Å². The Morgan fingerprint density at radius 3 is 1.68 bits per heavy atom. The Kier molecular flexibility index (Phi) is 9.06. The summed E-state index contributed by atoms with van der Waals surface area (Å²) in [6, 6.07) is 22.1. The fourth-order valence-electron chi connectivity index (χ4n) is 3.58. The van der Waals surface area contributed by atoms with E-state index in [-0.39, 0.29) is 27.1 Å². The molecular weight excluding hydrogens is 577 g/mol. The molecule has 0 aliphatic carbocycles. The molecule has 2 amide bonds. The van der Waals surface area contributed by atoms with Crippen molar-refractivity contribution in [2.45, 2.75) is 0 Å². The van der Waals surface area contributed by atoms with E-state index in [1.165, 1.54) is 47.4 Å². The lowest BCUT2D eigenvalue weighted by atomic mass is 10.0. The number of hydroxylamine groups is 2. The second-order valence-corrected chi connectivity index (χ2v) is 8.83. The highest BCUT2D eigenvalue weighted by molar-refractivity contribution is 6.33. The number of nitrogens with zero attached hydrogens (tertiary/aromatic N) is 5. The van der Waals surface area contributed by atoms with Crippen LogP contribution in [0.2, 0.25) is 10.3 Å². The Bertz CT molecular complexity index is 1770. The molecule has 13 nitrogen and oxygen atoms in total. The topological polar surface area (TPSA) is 193 Å². The maximum Gasteiger partial charge on any atom is 0.277 e. The fraction of sp³-hybridized carbons (Fsp3) is 0. The first kappa shape index (κ1) is 28.9. The van der Waals surface area contributed by atoms with Crippen molar-refractivity contribution in [2.24, 2.45) is 0 Å². The normalized spacial score (nSPS) is 10.3. The van der Waals surface area contributed by atoms with Crippen LogP contribution in [-0.4, -0.2) is 47.5 Å². The summed E-state index contributed by atoms with van der Waals surface area (Å²) in [6.07, 6.45) is 0. The molecule has 0 saturated heterocycles. The molecule has 5 rings (SSSR count). The maximum atomic E-state index is 11.5. The summed E-state index contributed by atoms with van der Waals surface area (Å²) in [7, 11) is 0. The minimum absolute atomic E-state index is 0.0579. The predicted octanol–water partition coefficient (Wildman–Crippen LogP) is 4.89. The van der Waals surface area contributed by atoms with Crippen LogP contribution in [0.4, 0.5) is 5.69 Å². The predicted molar refractivity (Wildman–Crippen MR) is 148 cm³/mol. The third-order valence-corrected chi connectivity index (χ3v) is 6.17. The van der Waals surface area contributed by atoms with Crippen LogP contribution < -0.4 is 11.0 Å². The average Bonchev–Trinajstić information content (AvgIpc) is 3.01. The van der Waals surface area contributed by atoms with Gasteiger partial charge in [0.05, 0.1) is 27.4 Å². The van der Waals surface area contributed by atoms with Gasteiger partial charge in [0.15, 0.2) is 10.3 Å². The van der Waals surface area contributed by atoms with E-state index >= 15 is 0 Å². The summed E-state index contributed by atoms with van der Waals surface area (Å²) in [6.45, 7) is 0. The van der Waals surface area contributed by atoms with Gasteiger partial charge in [0.2, 0.25) is 0 Å². The van der Waals surface area contributed by atoms with Gasteiger partial charge < -0.3 is 0 Å². The molecule has 3 aromatic carbocycles. The van der Waals surface area contributed by atoms with Crippen LogP contribution in [0.1, 0.15) is 20.7 Å². The van der Waals surface area contributed by atoms with Gasteiger partial charge in [-0.25, -0.2) is 11.0 Å². The summed E-state index contributed by atoms with van der Waals surface area (Å²) in [5.74, 6) is -1.55. The molecule has 0 aliphatic heterocycles. The Morgan fingerprint density at radius 2 is 1.17 bits per heavy atom. The highest BCUT2D eigenvalue weighted by Gasteiger charge is 2.15. The Morgan fingerprint density at radius 1 is 0.683 bits per heavy atom. The zero-order valence-electron chi connectivity index (χ0n) is 20.5. The van der Waals surface area contributed by atoms with Crippen molar-refractivity contribution in [2.75, 3.05) is 0 Å². The second-order valence-electron chi connectivity index (χ2n) is 8.12. The molecular formula is C26H17Cl2N7O6. The van der Waals surface area contributed by atoms with Crippen LogP contribution in [0.25, 0.3) is 33.3 Å². The van der Waals surface area contributed by atoms with Gasteiger partial charge >= 0.3 is 0 Å². The number of nitrogens with one attached hydrogen (secondary N) is 2. The van der Waals surface area contributed by atoms with Gasteiger partial charge in [-0.3, -0.25) is 30.1 Å². The number of non-ortho nitro benzene ring substituents is 1. The smallest absolute Gasteiger partial charge is 0.277 e. The van der Waals surface area contributed by atoms with Crippen molar-refractivity contribution in [3.05, 3.63) is 110 Å². The highest BCUT2D eigenvalue weighted by atomic mass is 35.5. The number of aromatic nitrogens is 4. The van der Waals surface area contributed by atoms with E-state index < -0.39 is 16.7 Å². The first-order chi connectivity index (χ1) is 19.7. The Balaban J connectivity index is 0.000000189. The van der Waals surface area contributed by atoms with Gasteiger partial charge in [-0.2, -0.15) is 0 Å². The molecule has 0 bridgehead atoms. The number of hydrogen-bond acceptors (Lipinski definition) is 10. The SMILES string of the molecule is O=C(NO)c1cc(-c2ccc([N+](=O)[O-])cc2)nnc1Cl.O=C(NO)c1cc(-c2ccc3ccccc3c2)nnc1Cl. The van der Waals surface area contributed by atoms with Gasteiger partial charge in [0.1, 0.15) is 0 Å². The fourth-order valence-corrected chi connectivity index (χ4v) is 3.93. The number of nitro benzene ring substituents is 1.